The van der Waals surface area contributed by atoms with Gasteiger partial charge in [-0.3, -0.25) is 4.79 Å². The third kappa shape index (κ3) is 3.97. The number of Topliss-reactive ketones (excluding diaryl/α,β-unsaturated/α-hetero) is 1. The Labute approximate surface area is 246 Å². The number of carbonyl (C=O) groups excluding carboxylic acids is 1. The average molecular weight is 565 g/mol. The van der Waals surface area contributed by atoms with Crippen molar-refractivity contribution < 1.29 is 4.79 Å². The largest absolute Gasteiger partial charge is 0.363 e. The topological polar surface area (TPSA) is 20.3 Å². The second-order valence-electron chi connectivity index (χ2n) is 11.0. The summed E-state index contributed by atoms with van der Waals surface area (Å²) < 4.78 is 0. The molecule has 40 heavy (non-hydrogen) atoms. The number of rotatable bonds is 5. The molecule has 1 heterocycles. The molecule has 0 fully saturated rings. The second kappa shape index (κ2) is 10.1. The molecule has 3 atom stereocenters. The molecule has 2 aliphatic rings. The number of ketones is 1. The lowest BCUT2D eigenvalue weighted by molar-refractivity contribution is 0.0877. The molecule has 6 rings (SSSR count). The van der Waals surface area contributed by atoms with Crippen LogP contribution in [0.1, 0.15) is 47.3 Å². The molecule has 1 aliphatic heterocycles. The van der Waals surface area contributed by atoms with Crippen molar-refractivity contribution in [1.29, 1.82) is 0 Å². The fourth-order valence-corrected chi connectivity index (χ4v) is 7.17. The monoisotopic (exact) mass is 563 g/mol. The van der Waals surface area contributed by atoms with Crippen LogP contribution in [0, 0.1) is 5.92 Å². The number of para-hydroxylation sites is 1. The second-order valence-corrected chi connectivity index (χ2v) is 11.8. The minimum atomic E-state index is -0.683. The number of likely N-dealkylation sites (N-methyl/N-ethyl adjacent to an activating group) is 1. The fourth-order valence-electron chi connectivity index (χ4n) is 6.92. The number of hydrogen-bond acceptors (Lipinski definition) is 2. The van der Waals surface area contributed by atoms with Crippen LogP contribution in [0.2, 0.25) is 10.0 Å². The van der Waals surface area contributed by atoms with Crippen LogP contribution < -0.4 is 4.90 Å². The minimum absolute atomic E-state index is 0.0810. The van der Waals surface area contributed by atoms with Crippen molar-refractivity contribution in [1.82, 2.24) is 0 Å². The molecular weight excluding hydrogens is 533 g/mol. The summed E-state index contributed by atoms with van der Waals surface area (Å²) in [7, 11) is 2.14. The minimum Gasteiger partial charge on any atom is -0.363 e. The fraction of sp³-hybridized carbons (Fsp3) is 0.194. The van der Waals surface area contributed by atoms with Gasteiger partial charge < -0.3 is 4.90 Å². The van der Waals surface area contributed by atoms with Crippen LogP contribution >= 0.6 is 23.2 Å². The molecule has 200 valence electrons. The molecule has 0 saturated carbocycles. The van der Waals surface area contributed by atoms with Crippen LogP contribution in [0.3, 0.4) is 0 Å². The van der Waals surface area contributed by atoms with Gasteiger partial charge in [0.05, 0.1) is 11.5 Å². The molecule has 2 nitrogen and oxygen atoms in total. The van der Waals surface area contributed by atoms with E-state index in [4.69, 9.17) is 23.2 Å². The van der Waals surface area contributed by atoms with Crippen molar-refractivity contribution in [2.24, 2.45) is 5.92 Å². The van der Waals surface area contributed by atoms with Crippen molar-refractivity contribution in [3.8, 4) is 0 Å². The molecule has 4 aromatic carbocycles. The average Bonchev–Trinajstić information content (AvgIpc) is 3.17. The number of halogens is 2. The summed E-state index contributed by atoms with van der Waals surface area (Å²) >= 11 is 12.5. The molecule has 4 heteroatoms. The molecular formula is C36H31Cl2NO. The normalized spacial score (nSPS) is 23.5. The molecule has 0 unspecified atom stereocenters. The first-order chi connectivity index (χ1) is 19.3. The Bertz CT molecular complexity index is 1640. The number of carbonyl (C=O) groups is 1. The third-order valence-electron chi connectivity index (χ3n) is 9.12. The lowest BCUT2D eigenvalue weighted by Gasteiger charge is -2.53. The van der Waals surface area contributed by atoms with Crippen LogP contribution in [-0.2, 0) is 5.41 Å². The summed E-state index contributed by atoms with van der Waals surface area (Å²) in [5, 5.41) is 1.31. The Morgan fingerprint density at radius 3 is 2.05 bits per heavy atom. The maximum absolute atomic E-state index is 14.9. The van der Waals surface area contributed by atoms with E-state index in [0.717, 1.165) is 34.4 Å². The van der Waals surface area contributed by atoms with E-state index in [0.29, 0.717) is 15.6 Å². The molecule has 4 aromatic rings. The molecule has 1 spiro atoms. The van der Waals surface area contributed by atoms with Crippen LogP contribution in [0.4, 0.5) is 5.69 Å². The van der Waals surface area contributed by atoms with Gasteiger partial charge in [0.2, 0.25) is 0 Å². The number of benzene rings is 4. The highest BCUT2D eigenvalue weighted by Gasteiger charge is 2.63. The summed E-state index contributed by atoms with van der Waals surface area (Å²) in [5.74, 6) is -0.396. The van der Waals surface area contributed by atoms with Gasteiger partial charge in [-0.15, -0.1) is 0 Å². The summed E-state index contributed by atoms with van der Waals surface area (Å²) in [4.78, 5) is 17.2. The lowest BCUT2D eigenvalue weighted by Crippen LogP contribution is -2.62. The highest BCUT2D eigenvalue weighted by Crippen LogP contribution is 2.61. The Kier molecular flexibility index (Phi) is 6.73. The highest BCUT2D eigenvalue weighted by molar-refractivity contribution is 6.31. The Morgan fingerprint density at radius 2 is 1.40 bits per heavy atom. The zero-order valence-electron chi connectivity index (χ0n) is 22.9. The first-order valence-corrected chi connectivity index (χ1v) is 14.4. The Hall–Kier alpha value is -3.59. The van der Waals surface area contributed by atoms with Crippen LogP contribution in [0.25, 0.3) is 11.1 Å². The summed E-state index contributed by atoms with van der Waals surface area (Å²) in [6, 6.07) is 34.2. The van der Waals surface area contributed by atoms with Crippen LogP contribution in [0.5, 0.6) is 0 Å². The van der Waals surface area contributed by atoms with Gasteiger partial charge in [-0.05, 0) is 88.9 Å². The maximum atomic E-state index is 14.9. The van der Waals surface area contributed by atoms with Crippen LogP contribution in [0.15, 0.2) is 115 Å². The quantitative estimate of drug-likeness (QED) is 0.225. The number of fused-ring (bicyclic) bond motifs is 1. The Balaban J connectivity index is 1.69. The van der Waals surface area contributed by atoms with Gasteiger partial charge in [0, 0.05) is 33.8 Å². The van der Waals surface area contributed by atoms with Crippen molar-refractivity contribution in [2.75, 3.05) is 11.9 Å². The van der Waals surface area contributed by atoms with Crippen molar-refractivity contribution in [3.63, 3.8) is 0 Å². The van der Waals surface area contributed by atoms with Crippen molar-refractivity contribution in [2.45, 2.75) is 31.2 Å². The van der Waals surface area contributed by atoms with Crippen molar-refractivity contribution >= 4 is 45.8 Å². The highest BCUT2D eigenvalue weighted by atomic mass is 35.5. The van der Waals surface area contributed by atoms with Gasteiger partial charge >= 0.3 is 0 Å². The Morgan fingerprint density at radius 1 is 0.800 bits per heavy atom. The summed E-state index contributed by atoms with van der Waals surface area (Å²) in [6.45, 7) is 4.55. The van der Waals surface area contributed by atoms with Crippen molar-refractivity contribution in [3.05, 3.63) is 148 Å². The first kappa shape index (κ1) is 26.6. The third-order valence-corrected chi connectivity index (χ3v) is 9.62. The molecule has 0 aromatic heterocycles. The van der Waals surface area contributed by atoms with E-state index in [2.05, 4.69) is 86.5 Å². The van der Waals surface area contributed by atoms with E-state index in [1.54, 1.807) is 12.1 Å². The van der Waals surface area contributed by atoms with E-state index >= 15 is 0 Å². The lowest BCUT2D eigenvalue weighted by atomic mass is 9.55. The van der Waals surface area contributed by atoms with E-state index in [9.17, 15) is 4.79 Å². The number of nitrogens with zero attached hydrogens (tertiary/aromatic N) is 1. The van der Waals surface area contributed by atoms with Gasteiger partial charge in [-0.2, -0.15) is 0 Å². The standard InChI is InChI=1S/C36H31Cl2NO/c1-4-35(2)31-12-8-9-13-32(31)39(3)36(35)23-27(24-14-18-28(37)19-15-24)22-30(25-10-6-5-7-11-25)33(36)34(40)26-16-20-29(38)21-17-26/h5-23,33H,4H2,1-3H3/t33-,35+,36-/m0/s1. The smallest absolute Gasteiger partial charge is 0.173 e. The number of anilines is 1. The SMILES string of the molecule is CC[C@]1(C)c2ccccc2N(C)[C@]12C=C(c1ccc(Cl)cc1)C=C(c1ccccc1)[C@H]2C(=O)c1ccc(Cl)cc1. The molecule has 0 N–H and O–H groups in total. The predicted octanol–water partition coefficient (Wildman–Crippen LogP) is 9.53. The van der Waals surface area contributed by atoms with Gasteiger partial charge in [-0.25, -0.2) is 0 Å². The van der Waals surface area contributed by atoms with E-state index < -0.39 is 11.5 Å². The van der Waals surface area contributed by atoms with Gasteiger partial charge in [0.25, 0.3) is 0 Å². The summed E-state index contributed by atoms with van der Waals surface area (Å²) in [5.41, 5.74) is 6.21. The van der Waals surface area contributed by atoms with Gasteiger partial charge in [-0.1, -0.05) is 97.7 Å². The molecule has 0 bridgehead atoms. The van der Waals surface area contributed by atoms with Crippen LogP contribution in [-0.4, -0.2) is 18.4 Å². The zero-order valence-corrected chi connectivity index (χ0v) is 24.4. The van der Waals surface area contributed by atoms with Gasteiger partial charge in [0.1, 0.15) is 0 Å². The first-order valence-electron chi connectivity index (χ1n) is 13.7. The van der Waals surface area contributed by atoms with Gasteiger partial charge in [0.15, 0.2) is 5.78 Å². The predicted molar refractivity (Wildman–Crippen MR) is 168 cm³/mol. The summed E-state index contributed by atoms with van der Waals surface area (Å²) in [6.07, 6.45) is 5.41. The van der Waals surface area contributed by atoms with E-state index in [1.165, 1.54) is 5.56 Å². The molecule has 0 radical (unpaired) electrons. The number of hydrogen-bond donors (Lipinski definition) is 0. The number of allylic oxidation sites excluding steroid dienone is 2. The maximum Gasteiger partial charge on any atom is 0.173 e. The molecule has 0 amide bonds. The molecule has 0 saturated heterocycles. The van der Waals surface area contributed by atoms with E-state index in [1.807, 2.05) is 42.5 Å². The van der Waals surface area contributed by atoms with E-state index in [-0.39, 0.29) is 11.2 Å². The zero-order chi connectivity index (χ0) is 28.1. The molecule has 1 aliphatic carbocycles.